The Morgan fingerprint density at radius 3 is 2.80 bits per heavy atom. The Balaban J connectivity index is 2.09. The zero-order chi connectivity index (χ0) is 14.6. The van der Waals surface area contributed by atoms with Gasteiger partial charge in [0.1, 0.15) is 4.21 Å². The molecule has 2 rings (SSSR count). The molecule has 0 radical (unpaired) electrons. The van der Waals surface area contributed by atoms with Crippen molar-refractivity contribution in [2.75, 3.05) is 13.1 Å². The van der Waals surface area contributed by atoms with Crippen LogP contribution in [0.4, 0.5) is 0 Å². The Morgan fingerprint density at radius 2 is 2.15 bits per heavy atom. The summed E-state index contributed by atoms with van der Waals surface area (Å²) in [6.07, 6.45) is 5.51. The van der Waals surface area contributed by atoms with Crippen LogP contribution in [-0.4, -0.2) is 25.8 Å². The fraction of sp³-hybridized carbons (Fsp3) is 0.714. The van der Waals surface area contributed by atoms with E-state index in [9.17, 15) is 8.42 Å². The van der Waals surface area contributed by atoms with Crippen LogP contribution < -0.4 is 5.73 Å². The van der Waals surface area contributed by atoms with E-state index in [1.165, 1.54) is 24.2 Å². The molecule has 1 aromatic rings. The topological polar surface area (TPSA) is 63.4 Å². The molecule has 0 spiro atoms. The number of sulfonamides is 1. The van der Waals surface area contributed by atoms with E-state index in [-0.39, 0.29) is 0 Å². The molecular weight excluding hydrogens is 292 g/mol. The first-order chi connectivity index (χ1) is 9.57. The molecule has 20 heavy (non-hydrogen) atoms. The zero-order valence-corrected chi connectivity index (χ0v) is 13.7. The van der Waals surface area contributed by atoms with Gasteiger partial charge in [-0.25, -0.2) is 8.42 Å². The van der Waals surface area contributed by atoms with Gasteiger partial charge in [0.2, 0.25) is 0 Å². The third-order valence-electron chi connectivity index (χ3n) is 3.94. The van der Waals surface area contributed by atoms with Gasteiger partial charge in [0, 0.05) is 24.5 Å². The maximum Gasteiger partial charge on any atom is 0.252 e. The predicted molar refractivity (Wildman–Crippen MR) is 83.2 cm³/mol. The monoisotopic (exact) mass is 316 g/mol. The van der Waals surface area contributed by atoms with Crippen molar-refractivity contribution in [3.05, 3.63) is 17.0 Å². The summed E-state index contributed by atoms with van der Waals surface area (Å²) in [5.41, 5.74) is 5.56. The molecule has 1 atom stereocenters. The molecule has 0 bridgehead atoms. The lowest BCUT2D eigenvalue weighted by Crippen LogP contribution is -2.31. The van der Waals surface area contributed by atoms with Crippen LogP contribution in [0.15, 0.2) is 16.3 Å². The van der Waals surface area contributed by atoms with Gasteiger partial charge in [0.05, 0.1) is 0 Å². The van der Waals surface area contributed by atoms with E-state index in [2.05, 4.69) is 6.92 Å². The van der Waals surface area contributed by atoms with Crippen molar-refractivity contribution < 1.29 is 8.42 Å². The molecule has 4 nitrogen and oxygen atoms in total. The molecule has 6 heteroatoms. The second-order valence-corrected chi connectivity index (χ2v) is 8.75. The molecule has 1 aromatic heterocycles. The Morgan fingerprint density at radius 1 is 1.35 bits per heavy atom. The van der Waals surface area contributed by atoms with E-state index in [0.29, 0.717) is 29.8 Å². The van der Waals surface area contributed by atoms with Crippen LogP contribution in [0, 0.1) is 5.92 Å². The molecular formula is C14H24N2O2S2. The van der Waals surface area contributed by atoms with Crippen molar-refractivity contribution in [3.63, 3.8) is 0 Å². The van der Waals surface area contributed by atoms with Crippen LogP contribution in [-0.2, 0) is 16.6 Å². The number of rotatable bonds is 5. The van der Waals surface area contributed by atoms with Gasteiger partial charge in [-0.15, -0.1) is 11.3 Å². The second kappa shape index (κ2) is 7.02. The maximum absolute atomic E-state index is 12.6. The van der Waals surface area contributed by atoms with Crippen molar-refractivity contribution in [2.24, 2.45) is 11.7 Å². The van der Waals surface area contributed by atoms with Gasteiger partial charge in [-0.05, 0) is 37.3 Å². The Hall–Kier alpha value is -0.430. The number of nitrogens with two attached hydrogens (primary N) is 1. The van der Waals surface area contributed by atoms with E-state index >= 15 is 0 Å². The summed E-state index contributed by atoms with van der Waals surface area (Å²) in [5.74, 6) is 0.683. The highest BCUT2D eigenvalue weighted by Gasteiger charge is 2.28. The van der Waals surface area contributed by atoms with Crippen molar-refractivity contribution in [1.82, 2.24) is 4.31 Å². The minimum absolute atomic E-state index is 0.402. The number of thiophene rings is 1. The lowest BCUT2D eigenvalue weighted by atomic mass is 9.96. The van der Waals surface area contributed by atoms with E-state index < -0.39 is 10.0 Å². The lowest BCUT2D eigenvalue weighted by Gasteiger charge is -2.19. The third kappa shape index (κ3) is 3.61. The molecule has 114 valence electrons. The molecule has 2 N–H and O–H groups in total. The number of hydrogen-bond acceptors (Lipinski definition) is 4. The van der Waals surface area contributed by atoms with Crippen molar-refractivity contribution in [2.45, 2.75) is 49.8 Å². The molecule has 1 aliphatic rings. The predicted octanol–water partition coefficient (Wildman–Crippen LogP) is 2.80. The van der Waals surface area contributed by atoms with Crippen LogP contribution in [0.1, 0.15) is 43.9 Å². The highest BCUT2D eigenvalue weighted by atomic mass is 32.2. The first-order valence-electron chi connectivity index (χ1n) is 7.37. The van der Waals surface area contributed by atoms with Gasteiger partial charge in [-0.3, -0.25) is 0 Å². The van der Waals surface area contributed by atoms with Gasteiger partial charge < -0.3 is 5.73 Å². The van der Waals surface area contributed by atoms with E-state index in [1.54, 1.807) is 10.4 Å². The molecule has 0 amide bonds. The second-order valence-electron chi connectivity index (χ2n) is 5.41. The van der Waals surface area contributed by atoms with Crippen LogP contribution in [0.3, 0.4) is 0 Å². The minimum atomic E-state index is -3.32. The summed E-state index contributed by atoms with van der Waals surface area (Å²) < 4.78 is 27.4. The average Bonchev–Trinajstić information content (AvgIpc) is 2.80. The molecule has 1 saturated heterocycles. The van der Waals surface area contributed by atoms with Gasteiger partial charge in [0.15, 0.2) is 0 Å². The van der Waals surface area contributed by atoms with Crippen molar-refractivity contribution >= 4 is 21.4 Å². The van der Waals surface area contributed by atoms with Crippen molar-refractivity contribution in [1.29, 1.82) is 0 Å². The smallest absolute Gasteiger partial charge is 0.252 e. The fourth-order valence-electron chi connectivity index (χ4n) is 2.81. The summed E-state index contributed by atoms with van der Waals surface area (Å²) in [7, 11) is -3.32. The molecule has 0 saturated carbocycles. The molecule has 0 aliphatic carbocycles. The van der Waals surface area contributed by atoms with Gasteiger partial charge in [-0.1, -0.05) is 19.8 Å². The average molecular weight is 316 g/mol. The normalized spacial score (nSPS) is 21.8. The van der Waals surface area contributed by atoms with Crippen LogP contribution >= 0.6 is 11.3 Å². The molecule has 1 unspecified atom stereocenters. The highest BCUT2D eigenvalue weighted by Crippen LogP contribution is 2.29. The number of hydrogen-bond donors (Lipinski definition) is 1. The quantitative estimate of drug-likeness (QED) is 0.908. The Kier molecular flexibility index (Phi) is 5.60. The van der Waals surface area contributed by atoms with Gasteiger partial charge >= 0.3 is 0 Å². The molecule has 0 aromatic carbocycles. The first-order valence-corrected chi connectivity index (χ1v) is 9.62. The highest BCUT2D eigenvalue weighted by molar-refractivity contribution is 7.91. The summed E-state index contributed by atoms with van der Waals surface area (Å²) in [6, 6.07) is 3.51. The maximum atomic E-state index is 12.6. The summed E-state index contributed by atoms with van der Waals surface area (Å²) in [6.45, 7) is 3.90. The molecule has 1 aliphatic heterocycles. The molecule has 1 fully saturated rings. The Bertz CT molecular complexity index is 525. The molecule has 2 heterocycles. The van der Waals surface area contributed by atoms with E-state index in [0.717, 1.165) is 24.1 Å². The van der Waals surface area contributed by atoms with E-state index in [4.69, 9.17) is 5.73 Å². The largest absolute Gasteiger partial charge is 0.326 e. The first kappa shape index (κ1) is 15.9. The van der Waals surface area contributed by atoms with Crippen LogP contribution in [0.5, 0.6) is 0 Å². The van der Waals surface area contributed by atoms with Crippen LogP contribution in [0.25, 0.3) is 0 Å². The number of nitrogens with zero attached hydrogens (tertiary/aromatic N) is 1. The van der Waals surface area contributed by atoms with Gasteiger partial charge in [-0.2, -0.15) is 4.31 Å². The SMILES string of the molecule is CCCC1CCCN(S(=O)(=O)c2ccc(CN)s2)CC1. The zero-order valence-electron chi connectivity index (χ0n) is 12.0. The Labute approximate surface area is 126 Å². The third-order valence-corrected chi connectivity index (χ3v) is 7.41. The van der Waals surface area contributed by atoms with E-state index in [1.807, 2.05) is 6.07 Å². The van der Waals surface area contributed by atoms with Crippen molar-refractivity contribution in [3.8, 4) is 0 Å². The fourth-order valence-corrected chi connectivity index (χ4v) is 5.69. The lowest BCUT2D eigenvalue weighted by molar-refractivity contribution is 0.400. The van der Waals surface area contributed by atoms with Gasteiger partial charge in [0.25, 0.3) is 10.0 Å². The summed E-state index contributed by atoms with van der Waals surface area (Å²) in [5, 5.41) is 0. The summed E-state index contributed by atoms with van der Waals surface area (Å²) >= 11 is 1.30. The minimum Gasteiger partial charge on any atom is -0.326 e. The summed E-state index contributed by atoms with van der Waals surface area (Å²) in [4.78, 5) is 0.919. The van der Waals surface area contributed by atoms with Crippen LogP contribution in [0.2, 0.25) is 0 Å². The standard InChI is InChI=1S/C14H24N2O2S2/c1-2-4-12-5-3-9-16(10-8-12)20(17,18)14-7-6-13(11-15)19-14/h6-7,12H,2-5,8-11,15H2,1H3.